The Labute approximate surface area is 267 Å². The smallest absolute Gasteiger partial charge is 0.288 e. The van der Waals surface area contributed by atoms with Crippen LogP contribution in [0.15, 0.2) is 84.2 Å². The van der Waals surface area contributed by atoms with Crippen LogP contribution in [0.4, 0.5) is 15.9 Å². The highest BCUT2D eigenvalue weighted by Gasteiger charge is 2.20. The summed E-state index contributed by atoms with van der Waals surface area (Å²) in [7, 11) is 0. The zero-order valence-electron chi connectivity index (χ0n) is 25.3. The second kappa shape index (κ2) is 12.6. The zero-order chi connectivity index (χ0) is 32.5. The minimum Gasteiger partial charge on any atom is -0.383 e. The molecule has 6 aromatic rings. The Morgan fingerprint density at radius 2 is 1.91 bits per heavy atom. The highest BCUT2D eigenvalue weighted by atomic mass is 19.1. The number of carbonyl (C=O) groups is 1. The normalized spacial score (nSPS) is 14.8. The molecule has 1 amide bonds. The van der Waals surface area contributed by atoms with Gasteiger partial charge in [-0.2, -0.15) is 14.6 Å². The van der Waals surface area contributed by atoms with Crippen molar-refractivity contribution in [3.05, 3.63) is 113 Å². The molecular weight excluding hydrogens is 605 g/mol. The molecule has 0 saturated carbocycles. The Bertz CT molecular complexity index is 2150. The summed E-state index contributed by atoms with van der Waals surface area (Å²) < 4.78 is 31.3. The Balaban J connectivity index is 1.13. The van der Waals surface area contributed by atoms with Crippen molar-refractivity contribution in [1.29, 1.82) is 0 Å². The van der Waals surface area contributed by atoms with E-state index in [2.05, 4.69) is 25.5 Å². The summed E-state index contributed by atoms with van der Waals surface area (Å²) in [6, 6.07) is 15.5. The van der Waals surface area contributed by atoms with Crippen molar-refractivity contribution in [2.75, 3.05) is 30.9 Å². The number of nitrogen functional groups attached to an aromatic ring is 1. The molecule has 7 rings (SSSR count). The van der Waals surface area contributed by atoms with Crippen LogP contribution < -0.4 is 16.6 Å². The summed E-state index contributed by atoms with van der Waals surface area (Å²) in [5.74, 6) is -0.529. The summed E-state index contributed by atoms with van der Waals surface area (Å²) in [6.07, 6.45) is 6.51. The van der Waals surface area contributed by atoms with E-state index in [1.54, 1.807) is 34.6 Å². The van der Waals surface area contributed by atoms with Crippen molar-refractivity contribution < 1.29 is 18.7 Å². The molecule has 5 heterocycles. The Kier molecular flexibility index (Phi) is 8.01. The van der Waals surface area contributed by atoms with E-state index in [1.807, 2.05) is 36.5 Å². The maximum Gasteiger partial charge on any atom is 0.288 e. The fourth-order valence-corrected chi connectivity index (χ4v) is 5.48. The van der Waals surface area contributed by atoms with Gasteiger partial charge in [-0.25, -0.2) is 9.37 Å². The summed E-state index contributed by atoms with van der Waals surface area (Å²) in [5, 5.41) is 11.2. The van der Waals surface area contributed by atoms with Crippen molar-refractivity contribution in [1.82, 2.24) is 33.9 Å². The van der Waals surface area contributed by atoms with Crippen molar-refractivity contribution in [2.24, 2.45) is 0 Å². The van der Waals surface area contributed by atoms with E-state index >= 15 is 4.39 Å². The molecule has 0 spiro atoms. The van der Waals surface area contributed by atoms with Crippen molar-refractivity contribution in [2.45, 2.75) is 26.1 Å². The average Bonchev–Trinajstić information content (AvgIpc) is 3.71. The third-order valence-electron chi connectivity index (χ3n) is 7.78. The predicted octanol–water partition coefficient (Wildman–Crippen LogP) is 3.56. The molecule has 238 valence electrons. The number of halogens is 1. The van der Waals surface area contributed by atoms with Crippen LogP contribution in [0.1, 0.15) is 21.7 Å². The SMILES string of the molecule is Cc1nc2n(Cc3ccccc3)cc(C(=O)Nc3ccc(-c4cc(-c5cnn(C[C@H]6COCCO6)c5)cnc4N)c(F)c3)c(=O)n2n1. The molecule has 1 aliphatic heterocycles. The van der Waals surface area contributed by atoms with E-state index in [1.165, 1.54) is 24.4 Å². The van der Waals surface area contributed by atoms with E-state index in [-0.39, 0.29) is 28.7 Å². The monoisotopic (exact) mass is 635 g/mol. The molecule has 1 aliphatic rings. The molecule has 1 fully saturated rings. The van der Waals surface area contributed by atoms with Crippen LogP contribution in [0.25, 0.3) is 28.0 Å². The van der Waals surface area contributed by atoms with Gasteiger partial charge in [-0.05, 0) is 36.8 Å². The summed E-state index contributed by atoms with van der Waals surface area (Å²) in [6.45, 7) is 4.18. The number of anilines is 2. The number of hydrogen-bond donors (Lipinski definition) is 2. The van der Waals surface area contributed by atoms with Gasteiger partial charge in [0.15, 0.2) is 0 Å². The van der Waals surface area contributed by atoms with E-state index in [0.717, 1.165) is 15.6 Å². The molecular formula is C33H30FN9O4. The van der Waals surface area contributed by atoms with Crippen molar-refractivity contribution in [3.63, 3.8) is 0 Å². The Morgan fingerprint density at radius 3 is 2.70 bits per heavy atom. The highest BCUT2D eigenvalue weighted by molar-refractivity contribution is 6.04. The van der Waals surface area contributed by atoms with Crippen LogP contribution in [0, 0.1) is 12.7 Å². The molecule has 3 N–H and O–H groups in total. The molecule has 1 saturated heterocycles. The largest absolute Gasteiger partial charge is 0.383 e. The number of nitrogens with two attached hydrogens (primary N) is 1. The molecule has 14 heteroatoms. The Morgan fingerprint density at radius 1 is 1.06 bits per heavy atom. The van der Waals surface area contributed by atoms with Gasteiger partial charge in [-0.3, -0.25) is 14.3 Å². The second-order valence-electron chi connectivity index (χ2n) is 11.2. The fraction of sp³-hybridized carbons (Fsp3) is 0.212. The third kappa shape index (κ3) is 6.23. The van der Waals surface area contributed by atoms with E-state index in [0.29, 0.717) is 55.6 Å². The molecule has 1 atom stereocenters. The summed E-state index contributed by atoms with van der Waals surface area (Å²) in [5.41, 5.74) is 8.50. The number of rotatable bonds is 8. The van der Waals surface area contributed by atoms with Gasteiger partial charge in [-0.15, -0.1) is 5.10 Å². The maximum absolute atomic E-state index is 15.6. The van der Waals surface area contributed by atoms with Crippen LogP contribution in [0.5, 0.6) is 0 Å². The lowest BCUT2D eigenvalue weighted by Crippen LogP contribution is -2.32. The first-order chi connectivity index (χ1) is 22.8. The first-order valence-corrected chi connectivity index (χ1v) is 14.9. The van der Waals surface area contributed by atoms with Crippen molar-refractivity contribution >= 4 is 23.2 Å². The topological polar surface area (TPSA) is 156 Å². The van der Waals surface area contributed by atoms with Crippen LogP contribution in [0.2, 0.25) is 0 Å². The van der Waals surface area contributed by atoms with Crippen LogP contribution in [-0.2, 0) is 22.6 Å². The van der Waals surface area contributed by atoms with E-state index in [4.69, 9.17) is 15.2 Å². The van der Waals surface area contributed by atoms with Crippen LogP contribution in [-0.4, -0.2) is 65.8 Å². The van der Waals surface area contributed by atoms with Gasteiger partial charge in [0, 0.05) is 46.5 Å². The average molecular weight is 636 g/mol. The lowest BCUT2D eigenvalue weighted by Gasteiger charge is -2.22. The third-order valence-corrected chi connectivity index (χ3v) is 7.78. The van der Waals surface area contributed by atoms with Crippen molar-refractivity contribution in [3.8, 4) is 22.3 Å². The number of pyridine rings is 1. The number of nitrogens with zero attached hydrogens (tertiary/aromatic N) is 7. The summed E-state index contributed by atoms with van der Waals surface area (Å²) in [4.78, 5) is 35.3. The van der Waals surface area contributed by atoms with Gasteiger partial charge in [-0.1, -0.05) is 30.3 Å². The van der Waals surface area contributed by atoms with Gasteiger partial charge in [0.25, 0.3) is 11.5 Å². The first kappa shape index (κ1) is 30.0. The van der Waals surface area contributed by atoms with Gasteiger partial charge in [0.2, 0.25) is 5.78 Å². The Hall–Kier alpha value is -5.73. The number of fused-ring (bicyclic) bond motifs is 1. The standard InChI is InChI=1S/C33H30FN9O4/c1-20-38-33-41(15-21-5-3-2-4-6-21)18-28(32(45)43(33)40-20)31(44)39-24-7-8-26(29(34)12-24)27-11-22(13-36-30(27)35)23-14-37-42(16-23)17-25-19-46-9-10-47-25/h2-8,11-14,16,18,25H,9-10,15,17,19H2,1H3,(H2,35,36)(H,39,44)/t25-/m0/s1. The molecule has 2 aromatic carbocycles. The number of aromatic nitrogens is 7. The highest BCUT2D eigenvalue weighted by Crippen LogP contribution is 2.32. The fourth-order valence-electron chi connectivity index (χ4n) is 5.48. The maximum atomic E-state index is 15.6. The molecule has 47 heavy (non-hydrogen) atoms. The zero-order valence-corrected chi connectivity index (χ0v) is 25.3. The number of aryl methyl sites for hydroxylation is 1. The minimum atomic E-state index is -0.718. The molecule has 0 unspecified atom stereocenters. The quantitative estimate of drug-likeness (QED) is 0.255. The van der Waals surface area contributed by atoms with Crippen LogP contribution in [0.3, 0.4) is 0 Å². The van der Waals surface area contributed by atoms with Gasteiger partial charge in [0.05, 0.1) is 39.1 Å². The molecule has 0 radical (unpaired) electrons. The number of benzene rings is 2. The molecule has 0 bridgehead atoms. The summed E-state index contributed by atoms with van der Waals surface area (Å²) >= 11 is 0. The minimum absolute atomic E-state index is 0.0882. The number of hydrogen-bond acceptors (Lipinski definition) is 9. The van der Waals surface area contributed by atoms with Gasteiger partial charge < -0.3 is 25.1 Å². The van der Waals surface area contributed by atoms with Gasteiger partial charge >= 0.3 is 0 Å². The number of ether oxygens (including phenoxy) is 2. The lowest BCUT2D eigenvalue weighted by atomic mass is 10.0. The second-order valence-corrected chi connectivity index (χ2v) is 11.2. The van der Waals surface area contributed by atoms with Gasteiger partial charge in [0.1, 0.15) is 29.1 Å². The number of carbonyl (C=O) groups excluding carboxylic acids is 1. The molecule has 0 aliphatic carbocycles. The lowest BCUT2D eigenvalue weighted by molar-refractivity contribution is -0.0946. The van der Waals surface area contributed by atoms with Crippen LogP contribution >= 0.6 is 0 Å². The van der Waals surface area contributed by atoms with E-state index < -0.39 is 17.3 Å². The van der Waals surface area contributed by atoms with E-state index in [9.17, 15) is 9.59 Å². The first-order valence-electron chi connectivity index (χ1n) is 14.9. The molecule has 4 aromatic heterocycles. The molecule has 13 nitrogen and oxygen atoms in total. The number of nitrogens with one attached hydrogen (secondary N) is 1. The predicted molar refractivity (Wildman–Crippen MR) is 171 cm³/mol. The number of amides is 1.